The predicted molar refractivity (Wildman–Crippen MR) is 177 cm³/mol. The van der Waals surface area contributed by atoms with Gasteiger partial charge in [0.2, 0.25) is 41.4 Å². The molecule has 0 aliphatic carbocycles. The number of aliphatic carboxylic acids is 2. The number of aliphatic hydroxyl groups is 3. The Bertz CT molecular complexity index is 1490. The first-order chi connectivity index (χ1) is 24.8. The van der Waals surface area contributed by atoms with Crippen molar-refractivity contribution in [3.05, 3.63) is 29.8 Å². The number of nitrogens with two attached hydrogens (primary N) is 2. The van der Waals surface area contributed by atoms with Crippen LogP contribution in [0, 0.1) is 0 Å². The molecular weight excluding hydrogens is 712 g/mol. The molecule has 16 N–H and O–H groups in total. The van der Waals surface area contributed by atoms with Gasteiger partial charge in [0.15, 0.2) is 0 Å². The normalized spacial score (nSPS) is 14.7. The lowest BCUT2D eigenvalue weighted by atomic mass is 10.1. The number of phenols is 1. The number of amides is 7. The smallest absolute Gasteiger partial charge is 0.326 e. The molecule has 0 heterocycles. The van der Waals surface area contributed by atoms with Crippen LogP contribution in [0.3, 0.4) is 0 Å². The van der Waals surface area contributed by atoms with Gasteiger partial charge in [0, 0.05) is 12.8 Å². The van der Waals surface area contributed by atoms with Crippen LogP contribution < -0.4 is 43.4 Å². The van der Waals surface area contributed by atoms with Crippen LogP contribution in [0.5, 0.6) is 5.75 Å². The van der Waals surface area contributed by atoms with Crippen LogP contribution in [0.15, 0.2) is 24.3 Å². The van der Waals surface area contributed by atoms with E-state index in [0.717, 1.165) is 0 Å². The third-order valence-corrected chi connectivity index (χ3v) is 7.18. The molecule has 0 aliphatic rings. The Balaban J connectivity index is 3.01. The van der Waals surface area contributed by atoms with Crippen molar-refractivity contribution in [1.82, 2.24) is 31.9 Å². The van der Waals surface area contributed by atoms with E-state index in [1.54, 1.807) is 0 Å². The van der Waals surface area contributed by atoms with E-state index in [4.69, 9.17) is 11.5 Å². The topological polar surface area (TPSA) is 399 Å². The first-order valence-electron chi connectivity index (χ1n) is 15.7. The van der Waals surface area contributed by atoms with E-state index in [9.17, 15) is 73.8 Å². The third-order valence-electron chi connectivity index (χ3n) is 7.18. The lowest BCUT2D eigenvalue weighted by Crippen LogP contribution is -2.61. The van der Waals surface area contributed by atoms with Gasteiger partial charge >= 0.3 is 11.9 Å². The Morgan fingerprint density at radius 2 is 0.981 bits per heavy atom. The number of nitrogens with one attached hydrogen (secondary N) is 6. The average molecular weight is 757 g/mol. The number of carboxylic acids is 2. The molecule has 0 bridgehead atoms. The van der Waals surface area contributed by atoms with E-state index >= 15 is 0 Å². The molecule has 23 heteroatoms. The van der Waals surface area contributed by atoms with Crippen LogP contribution in [-0.4, -0.2) is 146 Å². The summed E-state index contributed by atoms with van der Waals surface area (Å²) in [5.74, 6) is -11.1. The average Bonchev–Trinajstić information content (AvgIpc) is 3.09. The first kappa shape index (κ1) is 45.1. The van der Waals surface area contributed by atoms with Gasteiger partial charge in [-0.05, 0) is 31.0 Å². The Morgan fingerprint density at radius 1 is 0.604 bits per heavy atom. The molecule has 294 valence electrons. The summed E-state index contributed by atoms with van der Waals surface area (Å²) in [6.45, 7) is -2.10. The maximum absolute atomic E-state index is 13.0. The molecule has 53 heavy (non-hydrogen) atoms. The Morgan fingerprint density at radius 3 is 1.36 bits per heavy atom. The van der Waals surface area contributed by atoms with Gasteiger partial charge in [-0.15, -0.1) is 0 Å². The van der Waals surface area contributed by atoms with Crippen molar-refractivity contribution in [2.24, 2.45) is 11.5 Å². The van der Waals surface area contributed by atoms with Crippen molar-refractivity contribution in [1.29, 1.82) is 0 Å². The standard InChI is InChI=1S/C30H44N8O15/c1-13(31)24(46)33-16(6-7-22(32)43)25(47)34-17(9-23(44)45)26(48)36-20(11-40)28(50)38-21(12-41)29(51)37-19(10-39)27(49)35-18(30(52)53)8-14-2-4-15(42)5-3-14/h2-5,13,16-21,39-42H,6-12,31H2,1H3,(H2,32,43)(H,33,46)(H,34,47)(H,35,49)(H,36,48)(H,37,51)(H,38,50)(H,44,45)(H,52,53)/t13-,16-,17-,18-,19-,20-,21-/m0/s1. The second kappa shape index (κ2) is 22.1. The van der Waals surface area contributed by atoms with E-state index in [1.165, 1.54) is 31.2 Å². The largest absolute Gasteiger partial charge is 0.508 e. The minimum Gasteiger partial charge on any atom is -0.508 e. The highest BCUT2D eigenvalue weighted by atomic mass is 16.4. The molecule has 1 aromatic rings. The first-order valence-corrected chi connectivity index (χ1v) is 15.7. The minimum absolute atomic E-state index is 0.0911. The Labute approximate surface area is 300 Å². The number of benzene rings is 1. The molecule has 1 rings (SSSR count). The van der Waals surface area contributed by atoms with Crippen LogP contribution in [0.2, 0.25) is 0 Å². The highest BCUT2D eigenvalue weighted by Crippen LogP contribution is 2.12. The number of aliphatic hydroxyl groups excluding tert-OH is 3. The van der Waals surface area contributed by atoms with Crippen LogP contribution in [0.25, 0.3) is 0 Å². The fourth-order valence-electron chi connectivity index (χ4n) is 4.25. The quantitative estimate of drug-likeness (QED) is 0.0493. The van der Waals surface area contributed by atoms with Gasteiger partial charge in [-0.25, -0.2) is 4.79 Å². The third kappa shape index (κ3) is 15.9. The van der Waals surface area contributed by atoms with Gasteiger partial charge in [0.05, 0.1) is 32.3 Å². The molecule has 0 aromatic heterocycles. The lowest BCUT2D eigenvalue weighted by Gasteiger charge is -2.26. The number of hydrogen-bond donors (Lipinski definition) is 14. The van der Waals surface area contributed by atoms with Gasteiger partial charge in [-0.1, -0.05) is 12.1 Å². The van der Waals surface area contributed by atoms with Crippen LogP contribution in [0.1, 0.15) is 31.7 Å². The number of carbonyl (C=O) groups excluding carboxylic acids is 7. The summed E-state index contributed by atoms with van der Waals surface area (Å²) in [6.07, 6.45) is -2.11. The van der Waals surface area contributed by atoms with Crippen molar-refractivity contribution in [2.75, 3.05) is 19.8 Å². The summed E-state index contributed by atoms with van der Waals surface area (Å²) in [5.41, 5.74) is 11.0. The van der Waals surface area contributed by atoms with Gasteiger partial charge in [-0.3, -0.25) is 38.4 Å². The number of carboxylic acid groups (broad SMARTS) is 2. The lowest BCUT2D eigenvalue weighted by molar-refractivity contribution is -0.143. The van der Waals surface area contributed by atoms with Crippen LogP contribution in [0.4, 0.5) is 0 Å². The summed E-state index contributed by atoms with van der Waals surface area (Å²) in [6, 6.07) is -6.36. The second-order valence-electron chi connectivity index (χ2n) is 11.5. The zero-order valence-electron chi connectivity index (χ0n) is 28.3. The fraction of sp³-hybridized carbons (Fsp3) is 0.500. The monoisotopic (exact) mass is 756 g/mol. The SMILES string of the molecule is C[C@H](N)C(=O)N[C@@H](CCC(N)=O)C(=O)N[C@@H](CC(=O)O)C(=O)N[C@@H](CO)C(=O)N[C@@H](CO)C(=O)N[C@@H](CO)C(=O)N[C@@H](Cc1ccc(O)cc1)C(=O)O. The molecule has 23 nitrogen and oxygen atoms in total. The molecule has 0 aliphatic heterocycles. The number of phenolic OH excluding ortho intramolecular Hbond substituents is 1. The van der Waals surface area contributed by atoms with E-state index in [0.29, 0.717) is 5.56 Å². The van der Waals surface area contributed by atoms with Gasteiger partial charge in [-0.2, -0.15) is 0 Å². The summed E-state index contributed by atoms with van der Waals surface area (Å²) in [5, 5.41) is 69.9. The molecular formula is C30H44N8O15. The van der Waals surface area contributed by atoms with E-state index in [-0.39, 0.29) is 18.6 Å². The van der Waals surface area contributed by atoms with Gasteiger partial charge in [0.1, 0.15) is 42.0 Å². The molecule has 0 unspecified atom stereocenters. The number of aromatic hydroxyl groups is 1. The van der Waals surface area contributed by atoms with Crippen molar-refractivity contribution in [3.8, 4) is 5.75 Å². The number of rotatable bonds is 23. The van der Waals surface area contributed by atoms with Gasteiger partial charge in [0.25, 0.3) is 0 Å². The van der Waals surface area contributed by atoms with E-state index < -0.39 is 128 Å². The molecule has 0 spiro atoms. The highest BCUT2D eigenvalue weighted by molar-refractivity contribution is 5.98. The van der Waals surface area contributed by atoms with Gasteiger partial charge < -0.3 is 74.0 Å². The summed E-state index contributed by atoms with van der Waals surface area (Å²) < 4.78 is 0. The molecule has 7 atom stereocenters. The van der Waals surface area contributed by atoms with Crippen LogP contribution >= 0.6 is 0 Å². The van der Waals surface area contributed by atoms with Crippen LogP contribution in [-0.2, 0) is 49.6 Å². The Kier molecular flexibility index (Phi) is 18.8. The zero-order chi connectivity index (χ0) is 40.4. The maximum Gasteiger partial charge on any atom is 0.326 e. The molecule has 0 saturated carbocycles. The highest BCUT2D eigenvalue weighted by Gasteiger charge is 2.34. The van der Waals surface area contributed by atoms with Crippen molar-refractivity contribution >= 4 is 53.3 Å². The zero-order valence-corrected chi connectivity index (χ0v) is 28.3. The second-order valence-corrected chi connectivity index (χ2v) is 11.5. The summed E-state index contributed by atoms with van der Waals surface area (Å²) >= 11 is 0. The molecule has 0 fully saturated rings. The number of primary amides is 1. The molecule has 1 aromatic carbocycles. The Hall–Kier alpha value is -5.91. The number of hydrogen-bond acceptors (Lipinski definition) is 14. The number of carbonyl (C=O) groups is 9. The fourth-order valence-corrected chi connectivity index (χ4v) is 4.25. The van der Waals surface area contributed by atoms with E-state index in [1.807, 2.05) is 16.0 Å². The minimum atomic E-state index is -1.94. The molecule has 0 saturated heterocycles. The maximum atomic E-state index is 13.0. The summed E-state index contributed by atoms with van der Waals surface area (Å²) in [4.78, 5) is 111. The molecule has 0 radical (unpaired) electrons. The van der Waals surface area contributed by atoms with Crippen molar-refractivity contribution < 1.29 is 73.8 Å². The van der Waals surface area contributed by atoms with Crippen molar-refractivity contribution in [3.63, 3.8) is 0 Å². The summed E-state index contributed by atoms with van der Waals surface area (Å²) in [7, 11) is 0. The van der Waals surface area contributed by atoms with E-state index in [2.05, 4.69) is 16.0 Å². The van der Waals surface area contributed by atoms with Crippen molar-refractivity contribution in [2.45, 2.75) is 74.9 Å². The molecule has 7 amide bonds. The predicted octanol–water partition coefficient (Wildman–Crippen LogP) is -7.01.